The number of unbranched alkanes of at least 4 members (excludes halogenated alkanes) is 18. The molecule has 294 valence electrons. The average molecular weight is 705 g/mol. The van der Waals surface area contributed by atoms with Gasteiger partial charge in [0.05, 0.1) is 13.2 Å². The van der Waals surface area contributed by atoms with Crippen LogP contribution < -0.4 is 0 Å². The maximum atomic E-state index is 11.7. The minimum Gasteiger partial charge on any atom is -0.465 e. The van der Waals surface area contributed by atoms with Crippen LogP contribution in [0.2, 0.25) is 0 Å². The van der Waals surface area contributed by atoms with Crippen molar-refractivity contribution in [1.82, 2.24) is 0 Å². The summed E-state index contributed by atoms with van der Waals surface area (Å²) < 4.78 is 15.5. The number of hydrogen-bond acceptors (Lipinski definition) is 5. The van der Waals surface area contributed by atoms with Gasteiger partial charge in [0.2, 0.25) is 0 Å². The summed E-state index contributed by atoms with van der Waals surface area (Å²) in [4.78, 5) is 23.0. The minimum atomic E-state index is -0.0539. The van der Waals surface area contributed by atoms with E-state index in [0.717, 1.165) is 37.7 Å². The number of esters is 2. The Labute approximate surface area is 311 Å². The third kappa shape index (κ3) is 32.5. The first-order valence-electron chi connectivity index (χ1n) is 22.1. The van der Waals surface area contributed by atoms with Crippen LogP contribution in [0.3, 0.4) is 0 Å². The second-order valence-electron chi connectivity index (χ2n) is 15.8. The van der Waals surface area contributed by atoms with Crippen molar-refractivity contribution in [1.29, 1.82) is 0 Å². The number of carbonyl (C=O) groups is 2. The normalized spacial score (nSPS) is 16.5. The van der Waals surface area contributed by atoms with Crippen LogP contribution in [0.1, 0.15) is 220 Å². The zero-order valence-electron chi connectivity index (χ0n) is 33.8. The minimum absolute atomic E-state index is 0.0143. The van der Waals surface area contributed by atoms with E-state index in [0.29, 0.717) is 32.0 Å². The number of epoxide rings is 1. The Morgan fingerprint density at radius 3 is 1.58 bits per heavy atom. The van der Waals surface area contributed by atoms with E-state index in [4.69, 9.17) is 14.2 Å². The van der Waals surface area contributed by atoms with Crippen molar-refractivity contribution in [3.05, 3.63) is 12.2 Å². The molecule has 2 fully saturated rings. The fraction of sp³-hybridized carbons (Fsp3) is 0.911. The number of carbonyl (C=O) groups excluding carboxylic acids is 2. The van der Waals surface area contributed by atoms with E-state index in [1.54, 1.807) is 0 Å². The largest absolute Gasteiger partial charge is 0.465 e. The number of hydrogen-bond donors (Lipinski definition) is 0. The first-order valence-corrected chi connectivity index (χ1v) is 22.1. The molecule has 0 bridgehead atoms. The van der Waals surface area contributed by atoms with Crippen molar-refractivity contribution in [3.63, 3.8) is 0 Å². The van der Waals surface area contributed by atoms with Crippen LogP contribution in [-0.4, -0.2) is 37.9 Å². The monoisotopic (exact) mass is 705 g/mol. The van der Waals surface area contributed by atoms with Gasteiger partial charge in [-0.1, -0.05) is 168 Å². The zero-order chi connectivity index (χ0) is 36.3. The first kappa shape index (κ1) is 46.7. The smallest absolute Gasteiger partial charge is 0.305 e. The Morgan fingerprint density at radius 2 is 1.04 bits per heavy atom. The van der Waals surface area contributed by atoms with E-state index in [9.17, 15) is 9.59 Å². The molecule has 0 aromatic rings. The van der Waals surface area contributed by atoms with Gasteiger partial charge < -0.3 is 14.2 Å². The molecule has 3 atom stereocenters. The number of ether oxygens (including phenoxy) is 3. The highest BCUT2D eigenvalue weighted by molar-refractivity contribution is 5.69. The highest BCUT2D eigenvalue weighted by Gasteiger charge is 2.24. The van der Waals surface area contributed by atoms with Gasteiger partial charge in [0.25, 0.3) is 0 Å². The van der Waals surface area contributed by atoms with Gasteiger partial charge in [-0.15, -0.1) is 0 Å². The molecule has 0 aromatic carbocycles. The second kappa shape index (κ2) is 34.7. The van der Waals surface area contributed by atoms with Gasteiger partial charge >= 0.3 is 11.9 Å². The van der Waals surface area contributed by atoms with Crippen molar-refractivity contribution in [2.75, 3.05) is 19.8 Å². The molecule has 1 aliphatic carbocycles. The fourth-order valence-electron chi connectivity index (χ4n) is 6.68. The Balaban J connectivity index is 0.000000649. The Kier molecular flexibility index (Phi) is 32.4. The maximum Gasteiger partial charge on any atom is 0.305 e. The summed E-state index contributed by atoms with van der Waals surface area (Å²) in [5.41, 5.74) is 0. The molecular weight excluding hydrogens is 620 g/mol. The topological polar surface area (TPSA) is 65.1 Å². The van der Waals surface area contributed by atoms with Gasteiger partial charge in [-0.05, 0) is 69.1 Å². The summed E-state index contributed by atoms with van der Waals surface area (Å²) in [6.45, 7) is 11.2. The zero-order valence-corrected chi connectivity index (χ0v) is 33.8. The molecule has 0 spiro atoms. The third-order valence-corrected chi connectivity index (χ3v) is 10.6. The van der Waals surface area contributed by atoms with Crippen LogP contribution >= 0.6 is 0 Å². The Hall–Kier alpha value is -1.36. The molecule has 0 N–H and O–H groups in total. The van der Waals surface area contributed by atoms with Crippen LogP contribution in [0.15, 0.2) is 12.2 Å². The summed E-state index contributed by atoms with van der Waals surface area (Å²) in [6.07, 6.45) is 42.6. The Bertz CT molecular complexity index is 786. The molecule has 0 aromatic heterocycles. The lowest BCUT2D eigenvalue weighted by Crippen LogP contribution is -2.12. The highest BCUT2D eigenvalue weighted by atomic mass is 16.6. The van der Waals surface area contributed by atoms with E-state index >= 15 is 0 Å². The van der Waals surface area contributed by atoms with Crippen LogP contribution in [0.25, 0.3) is 0 Å². The molecule has 1 saturated heterocycles. The predicted octanol–water partition coefficient (Wildman–Crippen LogP) is 13.7. The lowest BCUT2D eigenvalue weighted by atomic mass is 9.82. The van der Waals surface area contributed by atoms with E-state index in [1.165, 1.54) is 161 Å². The van der Waals surface area contributed by atoms with Crippen molar-refractivity contribution >= 4 is 11.9 Å². The molecule has 5 nitrogen and oxygen atoms in total. The molecule has 0 radical (unpaired) electrons. The van der Waals surface area contributed by atoms with Crippen LogP contribution in [0.4, 0.5) is 0 Å². The summed E-state index contributed by atoms with van der Waals surface area (Å²) >= 11 is 0. The predicted molar refractivity (Wildman–Crippen MR) is 212 cm³/mol. The van der Waals surface area contributed by atoms with E-state index in [-0.39, 0.29) is 18.0 Å². The van der Waals surface area contributed by atoms with Crippen LogP contribution in [-0.2, 0) is 23.8 Å². The van der Waals surface area contributed by atoms with Crippen molar-refractivity contribution in [2.24, 2.45) is 17.8 Å². The van der Waals surface area contributed by atoms with E-state index in [1.807, 2.05) is 0 Å². The quantitative estimate of drug-likeness (QED) is 0.0284. The highest BCUT2D eigenvalue weighted by Crippen LogP contribution is 2.30. The average Bonchev–Trinajstić information content (AvgIpc) is 4.05. The fourth-order valence-corrected chi connectivity index (χ4v) is 6.68. The number of allylic oxidation sites excluding steroid dienone is 2. The Morgan fingerprint density at radius 1 is 0.580 bits per heavy atom. The van der Waals surface area contributed by atoms with Gasteiger partial charge in [0.1, 0.15) is 12.7 Å². The first-order chi connectivity index (χ1) is 24.5. The van der Waals surface area contributed by atoms with E-state index < -0.39 is 0 Å². The molecule has 2 aliphatic rings. The lowest BCUT2D eigenvalue weighted by Gasteiger charge is -2.24. The van der Waals surface area contributed by atoms with Gasteiger partial charge in [-0.2, -0.15) is 0 Å². The molecule has 0 amide bonds. The van der Waals surface area contributed by atoms with E-state index in [2.05, 4.69) is 39.8 Å². The second-order valence-corrected chi connectivity index (χ2v) is 15.8. The summed E-state index contributed by atoms with van der Waals surface area (Å²) in [5, 5.41) is 0. The molecule has 1 saturated carbocycles. The van der Waals surface area contributed by atoms with Gasteiger partial charge in [0, 0.05) is 12.8 Å². The molecule has 50 heavy (non-hydrogen) atoms. The molecule has 3 unspecified atom stereocenters. The third-order valence-electron chi connectivity index (χ3n) is 10.6. The van der Waals surface area contributed by atoms with Crippen molar-refractivity contribution in [3.8, 4) is 0 Å². The molecule has 5 heteroatoms. The van der Waals surface area contributed by atoms with Gasteiger partial charge in [-0.3, -0.25) is 9.59 Å². The lowest BCUT2D eigenvalue weighted by molar-refractivity contribution is -0.145. The summed E-state index contributed by atoms with van der Waals surface area (Å²) in [7, 11) is 0. The summed E-state index contributed by atoms with van der Waals surface area (Å²) in [5.74, 6) is 2.38. The molecule has 1 heterocycles. The molecular formula is C45H84O5. The van der Waals surface area contributed by atoms with Gasteiger partial charge in [-0.25, -0.2) is 0 Å². The van der Waals surface area contributed by atoms with Crippen LogP contribution in [0.5, 0.6) is 0 Å². The molecule has 1 aliphatic heterocycles. The standard InChI is InChI=1S/C31H58O3.C14H26O2/c1-4-6-8-10-12-15-19-23-29(28(3)22-18-14-11-9-7-5-2)24-20-16-13-17-21-25-31(32)34-27-30-26-33-30;1-2-3-4-5-6-7-8-9-14(15)16-12-13-10-11-13/h12,15,28-30H,4-11,13-14,16-27H2,1-3H3;13H,2-12H2,1H3. The molecule has 2 rings (SSSR count). The van der Waals surface area contributed by atoms with Crippen LogP contribution in [0, 0.1) is 17.8 Å². The number of rotatable bonds is 35. The van der Waals surface area contributed by atoms with Gasteiger partial charge in [0.15, 0.2) is 0 Å². The summed E-state index contributed by atoms with van der Waals surface area (Å²) in [6, 6.07) is 0. The maximum absolute atomic E-state index is 11.7. The van der Waals surface area contributed by atoms with Crippen molar-refractivity contribution in [2.45, 2.75) is 226 Å². The SMILES string of the molecule is CCCCCC=CCCC(CCCCCCCC(=O)OCC1CO1)C(C)CCCCCCCC.CCCCCCCCCC(=O)OCC1CC1. The van der Waals surface area contributed by atoms with Crippen molar-refractivity contribution < 1.29 is 23.8 Å².